The first kappa shape index (κ1) is 13.6. The molecule has 3 N–H and O–H groups in total. The summed E-state index contributed by atoms with van der Waals surface area (Å²) in [4.78, 5) is 16.7. The summed E-state index contributed by atoms with van der Waals surface area (Å²) in [5, 5.41) is 2.98. The second-order valence-electron chi connectivity index (χ2n) is 6.08. The Balaban J connectivity index is 1.64. The van der Waals surface area contributed by atoms with Gasteiger partial charge in [0.05, 0.1) is 12.2 Å². The van der Waals surface area contributed by atoms with Gasteiger partial charge < -0.3 is 15.6 Å². The first-order valence-electron chi connectivity index (χ1n) is 7.86. The van der Waals surface area contributed by atoms with Gasteiger partial charge in [0, 0.05) is 13.0 Å². The molecule has 5 heteroatoms. The van der Waals surface area contributed by atoms with Gasteiger partial charge in [0.1, 0.15) is 11.6 Å². The SMILES string of the molecule is N[C@H](C(=O)Nc1cnc2n1CCCC2)C1CCCCC1. The molecule has 110 valence electrons. The van der Waals surface area contributed by atoms with Crippen LogP contribution in [0.25, 0.3) is 0 Å². The van der Waals surface area contributed by atoms with Crippen LogP contribution in [0.5, 0.6) is 0 Å². The molecule has 0 saturated heterocycles. The number of carbonyl (C=O) groups is 1. The van der Waals surface area contributed by atoms with Crippen molar-refractivity contribution in [3.8, 4) is 0 Å². The third-order valence-electron chi connectivity index (χ3n) is 4.68. The van der Waals surface area contributed by atoms with E-state index in [-0.39, 0.29) is 11.9 Å². The summed E-state index contributed by atoms with van der Waals surface area (Å²) < 4.78 is 2.12. The molecule has 1 fully saturated rings. The monoisotopic (exact) mass is 276 g/mol. The van der Waals surface area contributed by atoms with Crippen LogP contribution in [-0.2, 0) is 17.8 Å². The minimum absolute atomic E-state index is 0.0508. The summed E-state index contributed by atoms with van der Waals surface area (Å²) in [5.74, 6) is 2.19. The highest BCUT2D eigenvalue weighted by Crippen LogP contribution is 2.26. The van der Waals surface area contributed by atoms with Crippen molar-refractivity contribution in [2.75, 3.05) is 5.32 Å². The van der Waals surface area contributed by atoms with E-state index in [4.69, 9.17) is 5.73 Å². The second kappa shape index (κ2) is 5.95. The number of anilines is 1. The number of nitrogens with two attached hydrogens (primary N) is 1. The molecule has 1 atom stereocenters. The summed E-state index contributed by atoms with van der Waals surface area (Å²) in [5.41, 5.74) is 6.14. The topological polar surface area (TPSA) is 72.9 Å². The lowest BCUT2D eigenvalue weighted by atomic mass is 9.84. The van der Waals surface area contributed by atoms with Crippen molar-refractivity contribution in [3.63, 3.8) is 0 Å². The van der Waals surface area contributed by atoms with E-state index >= 15 is 0 Å². The fraction of sp³-hybridized carbons (Fsp3) is 0.733. The van der Waals surface area contributed by atoms with E-state index in [2.05, 4.69) is 14.9 Å². The van der Waals surface area contributed by atoms with E-state index in [9.17, 15) is 4.79 Å². The number of hydrogen-bond acceptors (Lipinski definition) is 3. The fourth-order valence-corrected chi connectivity index (χ4v) is 3.43. The Kier molecular flexibility index (Phi) is 4.05. The number of rotatable bonds is 3. The zero-order valence-electron chi connectivity index (χ0n) is 12.0. The highest BCUT2D eigenvalue weighted by molar-refractivity contribution is 5.94. The molecule has 0 bridgehead atoms. The lowest BCUT2D eigenvalue weighted by Crippen LogP contribution is -2.43. The highest BCUT2D eigenvalue weighted by Gasteiger charge is 2.27. The van der Waals surface area contributed by atoms with Gasteiger partial charge in [-0.2, -0.15) is 0 Å². The number of aryl methyl sites for hydroxylation is 1. The molecule has 1 aromatic rings. The first-order valence-corrected chi connectivity index (χ1v) is 7.86. The summed E-state index contributed by atoms with van der Waals surface area (Å²) >= 11 is 0. The number of carbonyl (C=O) groups excluding carboxylic acids is 1. The van der Waals surface area contributed by atoms with Crippen molar-refractivity contribution < 1.29 is 4.79 Å². The van der Waals surface area contributed by atoms with Crippen molar-refractivity contribution in [3.05, 3.63) is 12.0 Å². The Morgan fingerprint density at radius 1 is 1.30 bits per heavy atom. The zero-order chi connectivity index (χ0) is 13.9. The maximum absolute atomic E-state index is 12.3. The lowest BCUT2D eigenvalue weighted by Gasteiger charge is -2.26. The minimum Gasteiger partial charge on any atom is -0.320 e. The molecule has 0 unspecified atom stereocenters. The Morgan fingerprint density at radius 2 is 2.10 bits per heavy atom. The molecule has 2 heterocycles. The molecule has 5 nitrogen and oxygen atoms in total. The molecule has 3 rings (SSSR count). The van der Waals surface area contributed by atoms with Crippen LogP contribution in [0.3, 0.4) is 0 Å². The highest BCUT2D eigenvalue weighted by atomic mass is 16.2. The van der Waals surface area contributed by atoms with Crippen molar-refractivity contribution >= 4 is 11.7 Å². The normalized spacial score (nSPS) is 21.2. The fourth-order valence-electron chi connectivity index (χ4n) is 3.43. The van der Waals surface area contributed by atoms with Gasteiger partial charge in [-0.1, -0.05) is 19.3 Å². The van der Waals surface area contributed by atoms with Crippen molar-refractivity contribution in [2.24, 2.45) is 11.7 Å². The van der Waals surface area contributed by atoms with Crippen LogP contribution in [-0.4, -0.2) is 21.5 Å². The predicted octanol–water partition coefficient (Wildman–Crippen LogP) is 2.07. The van der Waals surface area contributed by atoms with Crippen LogP contribution < -0.4 is 11.1 Å². The van der Waals surface area contributed by atoms with E-state index in [0.717, 1.165) is 43.9 Å². The van der Waals surface area contributed by atoms with Gasteiger partial charge in [-0.25, -0.2) is 4.98 Å². The van der Waals surface area contributed by atoms with E-state index in [1.54, 1.807) is 6.20 Å². The average molecular weight is 276 g/mol. The van der Waals surface area contributed by atoms with Crippen molar-refractivity contribution in [1.82, 2.24) is 9.55 Å². The third kappa shape index (κ3) is 2.73. The molecule has 1 aromatic heterocycles. The number of imidazole rings is 1. The van der Waals surface area contributed by atoms with Gasteiger partial charge in [-0.15, -0.1) is 0 Å². The predicted molar refractivity (Wildman–Crippen MR) is 78.3 cm³/mol. The average Bonchev–Trinajstić information content (AvgIpc) is 2.91. The molecule has 20 heavy (non-hydrogen) atoms. The maximum atomic E-state index is 12.3. The van der Waals surface area contributed by atoms with Crippen molar-refractivity contribution in [1.29, 1.82) is 0 Å². The largest absolute Gasteiger partial charge is 0.320 e. The Bertz CT molecular complexity index is 476. The van der Waals surface area contributed by atoms with Gasteiger partial charge in [-0.3, -0.25) is 4.79 Å². The van der Waals surface area contributed by atoms with Crippen LogP contribution >= 0.6 is 0 Å². The molecular weight excluding hydrogens is 252 g/mol. The van der Waals surface area contributed by atoms with Crippen LogP contribution in [0.1, 0.15) is 50.8 Å². The number of fused-ring (bicyclic) bond motifs is 1. The number of hydrogen-bond donors (Lipinski definition) is 2. The van der Waals surface area contributed by atoms with Gasteiger partial charge in [0.2, 0.25) is 5.91 Å². The smallest absolute Gasteiger partial charge is 0.242 e. The van der Waals surface area contributed by atoms with E-state index in [1.165, 1.54) is 25.7 Å². The van der Waals surface area contributed by atoms with Crippen LogP contribution in [0, 0.1) is 5.92 Å². The summed E-state index contributed by atoms with van der Waals surface area (Å²) in [6, 6.07) is -0.384. The summed E-state index contributed by atoms with van der Waals surface area (Å²) in [6.45, 7) is 0.948. The number of nitrogens with one attached hydrogen (secondary N) is 1. The van der Waals surface area contributed by atoms with Crippen molar-refractivity contribution in [2.45, 2.75) is 64.0 Å². The Hall–Kier alpha value is -1.36. The van der Waals surface area contributed by atoms with E-state index < -0.39 is 0 Å². The second-order valence-corrected chi connectivity index (χ2v) is 6.08. The molecule has 1 saturated carbocycles. The minimum atomic E-state index is -0.384. The van der Waals surface area contributed by atoms with Crippen LogP contribution in [0.4, 0.5) is 5.82 Å². The van der Waals surface area contributed by atoms with Crippen LogP contribution in [0.2, 0.25) is 0 Å². The molecule has 0 aromatic carbocycles. The maximum Gasteiger partial charge on any atom is 0.242 e. The first-order chi connectivity index (χ1) is 9.75. The zero-order valence-corrected chi connectivity index (χ0v) is 12.0. The number of amides is 1. The van der Waals surface area contributed by atoms with E-state index in [0.29, 0.717) is 5.92 Å². The van der Waals surface area contributed by atoms with Gasteiger partial charge in [0.25, 0.3) is 0 Å². The molecule has 0 radical (unpaired) electrons. The molecule has 1 amide bonds. The molecular formula is C15H24N4O. The van der Waals surface area contributed by atoms with Crippen LogP contribution in [0.15, 0.2) is 6.20 Å². The van der Waals surface area contributed by atoms with Gasteiger partial charge in [0.15, 0.2) is 0 Å². The van der Waals surface area contributed by atoms with E-state index in [1.807, 2.05) is 0 Å². The summed E-state index contributed by atoms with van der Waals surface area (Å²) in [6.07, 6.45) is 11.0. The standard InChI is InChI=1S/C15H24N4O/c16-14(11-6-2-1-3-7-11)15(20)18-13-10-17-12-8-4-5-9-19(12)13/h10-11,14H,1-9,16H2,(H,18,20)/t14-/m0/s1. The number of aromatic nitrogens is 2. The number of nitrogens with zero attached hydrogens (tertiary/aromatic N) is 2. The molecule has 2 aliphatic rings. The quantitative estimate of drug-likeness (QED) is 0.887. The molecule has 1 aliphatic carbocycles. The van der Waals surface area contributed by atoms with Gasteiger partial charge in [-0.05, 0) is 31.6 Å². The Labute approximate surface area is 119 Å². The lowest BCUT2D eigenvalue weighted by molar-refractivity contribution is -0.118. The Morgan fingerprint density at radius 3 is 2.90 bits per heavy atom. The third-order valence-corrected chi connectivity index (χ3v) is 4.68. The molecule has 0 spiro atoms. The van der Waals surface area contributed by atoms with Gasteiger partial charge >= 0.3 is 0 Å². The summed E-state index contributed by atoms with van der Waals surface area (Å²) in [7, 11) is 0. The molecule has 1 aliphatic heterocycles.